The Bertz CT molecular complexity index is 863. The molecule has 0 spiro atoms. The molecule has 1 aliphatic heterocycles. The molecule has 0 unspecified atom stereocenters. The van der Waals surface area contributed by atoms with Gasteiger partial charge in [-0.3, -0.25) is 4.57 Å². The van der Waals surface area contributed by atoms with Crippen molar-refractivity contribution in [3.8, 4) is 17.1 Å². The number of rotatable bonds is 5. The van der Waals surface area contributed by atoms with E-state index in [1.165, 1.54) is 12.8 Å². The maximum absolute atomic E-state index is 6.18. The first-order valence-electron chi connectivity index (χ1n) is 8.82. The summed E-state index contributed by atoms with van der Waals surface area (Å²) in [5.41, 5.74) is 1.99. The summed E-state index contributed by atoms with van der Waals surface area (Å²) in [6.07, 6.45) is 3.82. The SMILES string of the molecule is Clc1cccc(-c2nnc(SC[C@H]3CCCCO3)n2-c2ccccc2)c1. The predicted octanol–water partition coefficient (Wildman–Crippen LogP) is 5.25. The second-order valence-electron chi connectivity index (χ2n) is 6.29. The van der Waals surface area contributed by atoms with Gasteiger partial charge in [-0.15, -0.1) is 10.2 Å². The molecular weight excluding hydrogens is 366 g/mol. The van der Waals surface area contributed by atoms with E-state index in [0.717, 1.165) is 41.0 Å². The Hall–Kier alpha value is -1.82. The van der Waals surface area contributed by atoms with Crippen LogP contribution in [0.15, 0.2) is 59.8 Å². The molecular formula is C20H20ClN3OS. The lowest BCUT2D eigenvalue weighted by molar-refractivity contribution is 0.0315. The summed E-state index contributed by atoms with van der Waals surface area (Å²) >= 11 is 7.88. The van der Waals surface area contributed by atoms with Gasteiger partial charge >= 0.3 is 0 Å². The number of hydrogen-bond acceptors (Lipinski definition) is 4. The van der Waals surface area contributed by atoms with Crippen LogP contribution in [0.25, 0.3) is 17.1 Å². The Kier molecular flexibility index (Phi) is 5.58. The molecule has 2 aromatic carbocycles. The fraction of sp³-hybridized carbons (Fsp3) is 0.300. The number of para-hydroxylation sites is 1. The highest BCUT2D eigenvalue weighted by atomic mass is 35.5. The van der Waals surface area contributed by atoms with Gasteiger partial charge in [0, 0.05) is 28.6 Å². The summed E-state index contributed by atoms with van der Waals surface area (Å²) in [5, 5.41) is 10.5. The summed E-state index contributed by atoms with van der Waals surface area (Å²) in [4.78, 5) is 0. The monoisotopic (exact) mass is 385 g/mol. The summed E-state index contributed by atoms with van der Waals surface area (Å²) < 4.78 is 7.95. The Morgan fingerprint density at radius 1 is 1.08 bits per heavy atom. The lowest BCUT2D eigenvalue weighted by atomic mass is 10.1. The van der Waals surface area contributed by atoms with Gasteiger partial charge in [0.15, 0.2) is 11.0 Å². The van der Waals surface area contributed by atoms with Crippen molar-refractivity contribution >= 4 is 23.4 Å². The van der Waals surface area contributed by atoms with Gasteiger partial charge in [0.2, 0.25) is 0 Å². The van der Waals surface area contributed by atoms with Crippen molar-refractivity contribution in [3.63, 3.8) is 0 Å². The van der Waals surface area contributed by atoms with Crippen LogP contribution >= 0.6 is 23.4 Å². The second-order valence-corrected chi connectivity index (χ2v) is 7.71. The van der Waals surface area contributed by atoms with E-state index in [4.69, 9.17) is 16.3 Å². The van der Waals surface area contributed by atoms with Crippen molar-refractivity contribution < 1.29 is 4.74 Å². The van der Waals surface area contributed by atoms with Gasteiger partial charge in [-0.2, -0.15) is 0 Å². The van der Waals surface area contributed by atoms with E-state index in [2.05, 4.69) is 26.9 Å². The molecule has 0 saturated carbocycles. The predicted molar refractivity (Wildman–Crippen MR) is 106 cm³/mol. The lowest BCUT2D eigenvalue weighted by Gasteiger charge is -2.22. The smallest absolute Gasteiger partial charge is 0.196 e. The molecule has 6 heteroatoms. The number of aromatic nitrogens is 3. The zero-order valence-corrected chi connectivity index (χ0v) is 15.9. The van der Waals surface area contributed by atoms with Crippen LogP contribution in [0.5, 0.6) is 0 Å². The van der Waals surface area contributed by atoms with E-state index < -0.39 is 0 Å². The van der Waals surface area contributed by atoms with Crippen LogP contribution in [0, 0.1) is 0 Å². The van der Waals surface area contributed by atoms with Crippen LogP contribution in [-0.2, 0) is 4.74 Å². The Labute approximate surface area is 162 Å². The number of halogens is 1. The molecule has 0 radical (unpaired) electrons. The third-order valence-corrected chi connectivity index (χ3v) is 5.70. The van der Waals surface area contributed by atoms with Crippen LogP contribution < -0.4 is 0 Å². The van der Waals surface area contributed by atoms with Crippen molar-refractivity contribution in [2.24, 2.45) is 0 Å². The summed E-state index contributed by atoms with van der Waals surface area (Å²) in [6, 6.07) is 17.9. The topological polar surface area (TPSA) is 39.9 Å². The van der Waals surface area contributed by atoms with E-state index >= 15 is 0 Å². The third-order valence-electron chi connectivity index (χ3n) is 4.40. The number of hydrogen-bond donors (Lipinski definition) is 0. The molecule has 4 rings (SSSR count). The van der Waals surface area contributed by atoms with Gasteiger partial charge in [0.05, 0.1) is 6.10 Å². The molecule has 0 amide bonds. The van der Waals surface area contributed by atoms with Crippen LogP contribution in [-0.4, -0.2) is 33.2 Å². The standard InChI is InChI=1S/C20H20ClN3OS/c21-16-8-6-7-15(13-16)19-22-23-20(24(19)17-9-2-1-3-10-17)26-14-18-11-4-5-12-25-18/h1-3,6-10,13,18H,4-5,11-12,14H2/t18-/m1/s1. The molecule has 1 atom stereocenters. The first-order chi connectivity index (χ1) is 12.8. The van der Waals surface area contributed by atoms with Crippen LogP contribution in [0.1, 0.15) is 19.3 Å². The average molecular weight is 386 g/mol. The van der Waals surface area contributed by atoms with Gasteiger partial charge in [-0.25, -0.2) is 0 Å². The summed E-state index contributed by atoms with van der Waals surface area (Å²) in [7, 11) is 0. The van der Waals surface area contributed by atoms with Gasteiger partial charge in [0.1, 0.15) is 0 Å². The number of ether oxygens (including phenoxy) is 1. The first kappa shape index (κ1) is 17.6. The molecule has 3 aromatic rings. The Morgan fingerprint density at radius 2 is 1.96 bits per heavy atom. The molecule has 134 valence electrons. The van der Waals surface area contributed by atoms with Gasteiger partial charge in [0.25, 0.3) is 0 Å². The molecule has 1 fully saturated rings. The van der Waals surface area contributed by atoms with Crippen molar-refractivity contribution in [2.45, 2.75) is 30.5 Å². The first-order valence-corrected chi connectivity index (χ1v) is 10.2. The lowest BCUT2D eigenvalue weighted by Crippen LogP contribution is -2.21. The quantitative estimate of drug-likeness (QED) is 0.562. The van der Waals surface area contributed by atoms with Crippen LogP contribution in [0.4, 0.5) is 0 Å². The molecule has 0 N–H and O–H groups in total. The van der Waals surface area contributed by atoms with Gasteiger partial charge in [-0.1, -0.05) is 53.7 Å². The molecule has 4 nitrogen and oxygen atoms in total. The van der Waals surface area contributed by atoms with Crippen molar-refractivity contribution in [1.29, 1.82) is 0 Å². The number of benzene rings is 2. The average Bonchev–Trinajstić information content (AvgIpc) is 3.12. The molecule has 1 aliphatic rings. The second kappa shape index (κ2) is 8.25. The zero-order valence-electron chi connectivity index (χ0n) is 14.3. The zero-order chi connectivity index (χ0) is 17.8. The summed E-state index contributed by atoms with van der Waals surface area (Å²) in [5.74, 6) is 1.69. The highest BCUT2D eigenvalue weighted by Crippen LogP contribution is 2.30. The Morgan fingerprint density at radius 3 is 2.73 bits per heavy atom. The normalized spacial score (nSPS) is 17.3. The van der Waals surface area contributed by atoms with Crippen molar-refractivity contribution in [1.82, 2.24) is 14.8 Å². The van der Waals surface area contributed by atoms with E-state index in [9.17, 15) is 0 Å². The Balaban J connectivity index is 1.67. The van der Waals surface area contributed by atoms with Crippen LogP contribution in [0.2, 0.25) is 5.02 Å². The summed E-state index contributed by atoms with van der Waals surface area (Å²) in [6.45, 7) is 0.865. The molecule has 26 heavy (non-hydrogen) atoms. The van der Waals surface area contributed by atoms with Gasteiger partial charge in [-0.05, 0) is 43.5 Å². The van der Waals surface area contributed by atoms with Crippen molar-refractivity contribution in [2.75, 3.05) is 12.4 Å². The minimum absolute atomic E-state index is 0.296. The fourth-order valence-corrected chi connectivity index (χ4v) is 4.30. The highest BCUT2D eigenvalue weighted by molar-refractivity contribution is 7.99. The molecule has 0 bridgehead atoms. The van der Waals surface area contributed by atoms with Crippen molar-refractivity contribution in [3.05, 3.63) is 59.6 Å². The van der Waals surface area contributed by atoms with E-state index in [1.807, 2.05) is 42.5 Å². The van der Waals surface area contributed by atoms with E-state index in [0.29, 0.717) is 11.1 Å². The highest BCUT2D eigenvalue weighted by Gasteiger charge is 2.19. The maximum Gasteiger partial charge on any atom is 0.196 e. The van der Waals surface area contributed by atoms with E-state index in [-0.39, 0.29) is 0 Å². The molecule has 1 saturated heterocycles. The number of thioether (sulfide) groups is 1. The maximum atomic E-state index is 6.18. The minimum Gasteiger partial charge on any atom is -0.377 e. The molecule has 1 aromatic heterocycles. The number of nitrogens with zero attached hydrogens (tertiary/aromatic N) is 3. The molecule has 2 heterocycles. The van der Waals surface area contributed by atoms with E-state index in [1.54, 1.807) is 11.8 Å². The fourth-order valence-electron chi connectivity index (χ4n) is 3.09. The minimum atomic E-state index is 0.296. The van der Waals surface area contributed by atoms with Gasteiger partial charge < -0.3 is 4.74 Å². The van der Waals surface area contributed by atoms with Crippen LogP contribution in [0.3, 0.4) is 0 Å². The molecule has 0 aliphatic carbocycles. The third kappa shape index (κ3) is 3.95. The largest absolute Gasteiger partial charge is 0.377 e.